The predicted molar refractivity (Wildman–Crippen MR) is 65.4 cm³/mol. The van der Waals surface area contributed by atoms with Crippen LogP contribution in [0.5, 0.6) is 0 Å². The van der Waals surface area contributed by atoms with Crippen LogP contribution in [0.3, 0.4) is 0 Å². The molecule has 0 saturated heterocycles. The smallest absolute Gasteiger partial charge is 0.226 e. The van der Waals surface area contributed by atoms with E-state index in [0.717, 1.165) is 32.2 Å². The van der Waals surface area contributed by atoms with E-state index in [0.29, 0.717) is 30.8 Å². The van der Waals surface area contributed by atoms with Crippen LogP contribution >= 0.6 is 0 Å². The van der Waals surface area contributed by atoms with Gasteiger partial charge in [-0.05, 0) is 32.2 Å². The number of nitrogens with two attached hydrogens (primary N) is 1. The summed E-state index contributed by atoms with van der Waals surface area (Å²) >= 11 is 0. The average molecular weight is 241 g/mol. The van der Waals surface area contributed by atoms with E-state index >= 15 is 0 Å². The van der Waals surface area contributed by atoms with Crippen molar-refractivity contribution in [2.75, 3.05) is 13.2 Å². The van der Waals surface area contributed by atoms with Crippen LogP contribution in [0.15, 0.2) is 4.52 Å². The summed E-state index contributed by atoms with van der Waals surface area (Å²) in [6, 6.07) is 0. The van der Waals surface area contributed by atoms with Crippen LogP contribution in [-0.2, 0) is 17.8 Å². The van der Waals surface area contributed by atoms with E-state index in [9.17, 15) is 0 Å². The van der Waals surface area contributed by atoms with Crippen molar-refractivity contribution < 1.29 is 9.26 Å². The summed E-state index contributed by atoms with van der Waals surface area (Å²) in [5.41, 5.74) is 5.56. The van der Waals surface area contributed by atoms with Gasteiger partial charge in [0.05, 0.1) is 0 Å². The van der Waals surface area contributed by atoms with E-state index in [1.54, 1.807) is 0 Å². The first-order chi connectivity index (χ1) is 8.30. The fraction of sp³-hybridized carbons (Fsp3) is 0.833. The quantitative estimate of drug-likeness (QED) is 0.715. The van der Waals surface area contributed by atoms with Gasteiger partial charge in [0.25, 0.3) is 0 Å². The summed E-state index contributed by atoms with van der Waals surface area (Å²) in [7, 11) is 0. The molecule has 2 N–H and O–H groups in total. The number of rotatable bonds is 9. The zero-order valence-corrected chi connectivity index (χ0v) is 10.8. The molecule has 0 spiro atoms. The molecule has 0 aromatic carbocycles. The van der Waals surface area contributed by atoms with E-state index in [1.165, 1.54) is 0 Å². The first-order valence-corrected chi connectivity index (χ1v) is 6.39. The molecular formula is C12H23N3O2. The molecule has 1 aromatic heterocycles. The van der Waals surface area contributed by atoms with Crippen molar-refractivity contribution in [3.05, 3.63) is 11.7 Å². The van der Waals surface area contributed by atoms with Crippen LogP contribution < -0.4 is 5.73 Å². The SMILES string of the molecule is CCOCc1noc(CCC(CC)CCN)n1. The monoisotopic (exact) mass is 241 g/mol. The number of hydrogen-bond acceptors (Lipinski definition) is 5. The summed E-state index contributed by atoms with van der Waals surface area (Å²) in [6.45, 7) is 5.98. The molecule has 0 fully saturated rings. The molecule has 5 nitrogen and oxygen atoms in total. The molecule has 0 aliphatic heterocycles. The number of ether oxygens (including phenoxy) is 1. The highest BCUT2D eigenvalue weighted by atomic mass is 16.5. The highest BCUT2D eigenvalue weighted by Gasteiger charge is 2.10. The maximum atomic E-state index is 5.56. The minimum atomic E-state index is 0.431. The largest absolute Gasteiger partial charge is 0.374 e. The molecule has 1 atom stereocenters. The molecule has 0 saturated carbocycles. The van der Waals surface area contributed by atoms with Gasteiger partial charge in [-0.15, -0.1) is 0 Å². The Morgan fingerprint density at radius 2 is 2.18 bits per heavy atom. The number of nitrogens with zero attached hydrogens (tertiary/aromatic N) is 2. The average Bonchev–Trinajstić information content (AvgIpc) is 2.80. The second kappa shape index (κ2) is 8.20. The van der Waals surface area contributed by atoms with Gasteiger partial charge in [0.1, 0.15) is 6.61 Å². The fourth-order valence-corrected chi connectivity index (χ4v) is 1.76. The maximum Gasteiger partial charge on any atom is 0.226 e. The minimum Gasteiger partial charge on any atom is -0.374 e. The maximum absolute atomic E-state index is 5.56. The Kier molecular flexibility index (Phi) is 6.81. The van der Waals surface area contributed by atoms with Gasteiger partial charge < -0.3 is 15.0 Å². The lowest BCUT2D eigenvalue weighted by Gasteiger charge is -2.11. The van der Waals surface area contributed by atoms with Gasteiger partial charge in [-0.2, -0.15) is 4.98 Å². The number of hydrogen-bond donors (Lipinski definition) is 1. The van der Waals surface area contributed by atoms with Crippen molar-refractivity contribution in [3.8, 4) is 0 Å². The van der Waals surface area contributed by atoms with Crippen LogP contribution in [0.4, 0.5) is 0 Å². The van der Waals surface area contributed by atoms with Crippen molar-refractivity contribution in [3.63, 3.8) is 0 Å². The van der Waals surface area contributed by atoms with Gasteiger partial charge in [0, 0.05) is 13.0 Å². The van der Waals surface area contributed by atoms with Gasteiger partial charge in [0.2, 0.25) is 5.89 Å². The molecule has 0 aliphatic rings. The van der Waals surface area contributed by atoms with Crippen LogP contribution in [0.2, 0.25) is 0 Å². The van der Waals surface area contributed by atoms with Crippen molar-refractivity contribution >= 4 is 0 Å². The van der Waals surface area contributed by atoms with E-state index < -0.39 is 0 Å². The first kappa shape index (κ1) is 14.1. The first-order valence-electron chi connectivity index (χ1n) is 6.39. The van der Waals surface area contributed by atoms with E-state index in [2.05, 4.69) is 17.1 Å². The second-order valence-electron chi connectivity index (χ2n) is 4.13. The van der Waals surface area contributed by atoms with Crippen LogP contribution in [0, 0.1) is 5.92 Å². The molecule has 0 aliphatic carbocycles. The van der Waals surface area contributed by atoms with Crippen molar-refractivity contribution in [1.82, 2.24) is 10.1 Å². The fourth-order valence-electron chi connectivity index (χ4n) is 1.76. The molecular weight excluding hydrogens is 218 g/mol. The Balaban J connectivity index is 2.32. The van der Waals surface area contributed by atoms with Crippen LogP contribution in [0.25, 0.3) is 0 Å². The molecule has 1 aromatic rings. The van der Waals surface area contributed by atoms with Crippen molar-refractivity contribution in [2.45, 2.75) is 46.1 Å². The van der Waals surface area contributed by atoms with E-state index in [1.807, 2.05) is 6.92 Å². The molecule has 0 amide bonds. The summed E-state index contributed by atoms with van der Waals surface area (Å²) in [5.74, 6) is 1.99. The summed E-state index contributed by atoms with van der Waals surface area (Å²) < 4.78 is 10.4. The number of aromatic nitrogens is 2. The second-order valence-corrected chi connectivity index (χ2v) is 4.13. The van der Waals surface area contributed by atoms with Crippen molar-refractivity contribution in [2.24, 2.45) is 11.7 Å². The molecule has 0 radical (unpaired) electrons. The van der Waals surface area contributed by atoms with E-state index in [4.69, 9.17) is 15.0 Å². The normalized spacial score (nSPS) is 12.9. The third-order valence-electron chi connectivity index (χ3n) is 2.86. The highest BCUT2D eigenvalue weighted by Crippen LogP contribution is 2.15. The molecule has 1 rings (SSSR count). The molecule has 1 heterocycles. The Morgan fingerprint density at radius 3 is 2.82 bits per heavy atom. The lowest BCUT2D eigenvalue weighted by molar-refractivity contribution is 0.126. The van der Waals surface area contributed by atoms with E-state index in [-0.39, 0.29) is 0 Å². The topological polar surface area (TPSA) is 74.2 Å². The highest BCUT2D eigenvalue weighted by molar-refractivity contribution is 4.85. The summed E-state index contributed by atoms with van der Waals surface area (Å²) in [5, 5.41) is 3.87. The van der Waals surface area contributed by atoms with Crippen LogP contribution in [-0.4, -0.2) is 23.3 Å². The Bertz CT molecular complexity index is 302. The molecule has 98 valence electrons. The lowest BCUT2D eigenvalue weighted by Crippen LogP contribution is -2.09. The van der Waals surface area contributed by atoms with Gasteiger partial charge in [-0.1, -0.05) is 18.5 Å². The zero-order valence-electron chi connectivity index (χ0n) is 10.8. The molecule has 0 bridgehead atoms. The van der Waals surface area contributed by atoms with Gasteiger partial charge in [-0.3, -0.25) is 0 Å². The molecule has 17 heavy (non-hydrogen) atoms. The third kappa shape index (κ3) is 5.28. The van der Waals surface area contributed by atoms with Gasteiger partial charge in [0.15, 0.2) is 5.82 Å². The Hall–Kier alpha value is -0.940. The minimum absolute atomic E-state index is 0.431. The van der Waals surface area contributed by atoms with Crippen molar-refractivity contribution in [1.29, 1.82) is 0 Å². The van der Waals surface area contributed by atoms with Crippen LogP contribution in [0.1, 0.15) is 44.8 Å². The standard InChI is InChI=1S/C12H23N3O2/c1-3-10(7-8-13)5-6-12-14-11(15-17-12)9-16-4-2/h10H,3-9,13H2,1-2H3. The Morgan fingerprint density at radius 1 is 1.35 bits per heavy atom. The Labute approximate surface area is 103 Å². The number of aryl methyl sites for hydroxylation is 1. The summed E-state index contributed by atoms with van der Waals surface area (Å²) in [6.07, 6.45) is 4.11. The summed E-state index contributed by atoms with van der Waals surface area (Å²) in [4.78, 5) is 4.28. The molecule has 5 heteroatoms. The third-order valence-corrected chi connectivity index (χ3v) is 2.86. The lowest BCUT2D eigenvalue weighted by atomic mass is 9.97. The van der Waals surface area contributed by atoms with Gasteiger partial charge in [-0.25, -0.2) is 0 Å². The van der Waals surface area contributed by atoms with Gasteiger partial charge >= 0.3 is 0 Å². The zero-order chi connectivity index (χ0) is 12.5. The predicted octanol–water partition coefficient (Wildman–Crippen LogP) is 1.91. The molecule has 1 unspecified atom stereocenters.